The monoisotopic (exact) mass is 346 g/mol. The molecular weight excluding hydrogens is 332 g/mol. The quantitative estimate of drug-likeness (QED) is 0.566. The molecule has 23 heavy (non-hydrogen) atoms. The molecule has 0 saturated carbocycles. The average molecular weight is 346 g/mol. The van der Waals surface area contributed by atoms with Crippen LogP contribution in [-0.4, -0.2) is 29.1 Å². The molecule has 0 radical (unpaired) electrons. The summed E-state index contributed by atoms with van der Waals surface area (Å²) in [6.07, 6.45) is 0. The first-order valence-electron chi connectivity index (χ1n) is 6.78. The van der Waals surface area contributed by atoms with E-state index < -0.39 is 24.3 Å². The Balaban J connectivity index is 1.81. The van der Waals surface area contributed by atoms with Crippen molar-refractivity contribution in [2.75, 3.05) is 12.4 Å². The van der Waals surface area contributed by atoms with Gasteiger partial charge in [0.15, 0.2) is 18.3 Å². The summed E-state index contributed by atoms with van der Waals surface area (Å²) in [7, 11) is 0. The van der Waals surface area contributed by atoms with Gasteiger partial charge in [-0.05, 0) is 19.1 Å². The minimum absolute atomic E-state index is 0.116. The number of hydrogen-bond acceptors (Lipinski definition) is 7. The molecule has 0 aliphatic heterocycles. The standard InChI is InChI=1S/C16H14N2O3S2/c1-11-9-23-16(18-11)13(7-17)14(19)8-21-15(20)10-22-12-5-3-2-4-6-12/h2-6,9,13H,8,10H2,1H3/t13-/m0/s1. The fraction of sp³-hybridized carbons (Fsp3) is 0.250. The summed E-state index contributed by atoms with van der Waals surface area (Å²) in [5.74, 6) is -1.81. The number of nitrogens with zero attached hydrogens (tertiary/aromatic N) is 2. The van der Waals surface area contributed by atoms with Crippen LogP contribution in [0, 0.1) is 18.3 Å². The van der Waals surface area contributed by atoms with Crippen molar-refractivity contribution in [1.29, 1.82) is 5.26 Å². The SMILES string of the molecule is Cc1csc([C@@H](C#N)C(=O)COC(=O)CSc2ccccc2)n1. The van der Waals surface area contributed by atoms with Gasteiger partial charge in [-0.25, -0.2) is 4.98 Å². The molecule has 7 heteroatoms. The molecule has 1 aromatic carbocycles. The van der Waals surface area contributed by atoms with Gasteiger partial charge in [0.1, 0.15) is 5.01 Å². The van der Waals surface area contributed by atoms with Crippen molar-refractivity contribution >= 4 is 34.9 Å². The molecule has 5 nitrogen and oxygen atoms in total. The molecule has 0 saturated heterocycles. The molecule has 0 amide bonds. The van der Waals surface area contributed by atoms with Gasteiger partial charge in [-0.3, -0.25) is 9.59 Å². The number of rotatable bonds is 7. The summed E-state index contributed by atoms with van der Waals surface area (Å²) in [6.45, 7) is 1.38. The highest BCUT2D eigenvalue weighted by Crippen LogP contribution is 2.21. The molecule has 0 fully saturated rings. The summed E-state index contributed by atoms with van der Waals surface area (Å²) < 4.78 is 4.95. The normalized spacial score (nSPS) is 11.5. The van der Waals surface area contributed by atoms with Crippen molar-refractivity contribution < 1.29 is 14.3 Å². The molecule has 0 N–H and O–H groups in total. The van der Waals surface area contributed by atoms with Gasteiger partial charge in [-0.1, -0.05) is 18.2 Å². The number of Topliss-reactive ketones (excluding diaryl/α,β-unsaturated/α-hetero) is 1. The van der Waals surface area contributed by atoms with E-state index in [0.717, 1.165) is 10.6 Å². The van der Waals surface area contributed by atoms with Gasteiger partial charge >= 0.3 is 5.97 Å². The number of ether oxygens (including phenoxy) is 1. The molecule has 118 valence electrons. The number of esters is 1. The Morgan fingerprint density at radius 2 is 2.13 bits per heavy atom. The van der Waals surface area contributed by atoms with Crippen molar-refractivity contribution in [3.63, 3.8) is 0 Å². The summed E-state index contributed by atoms with van der Waals surface area (Å²) in [6, 6.07) is 11.3. The predicted octanol–water partition coefficient (Wildman–Crippen LogP) is 2.96. The van der Waals surface area contributed by atoms with Gasteiger partial charge in [-0.2, -0.15) is 5.26 Å². The number of thiazole rings is 1. The van der Waals surface area contributed by atoms with Gasteiger partial charge in [0.25, 0.3) is 0 Å². The number of carbonyl (C=O) groups is 2. The minimum atomic E-state index is -0.983. The van der Waals surface area contributed by atoms with Crippen LogP contribution in [0.3, 0.4) is 0 Å². The fourth-order valence-electron chi connectivity index (χ4n) is 1.71. The molecule has 2 rings (SSSR count). The van der Waals surface area contributed by atoms with Crippen LogP contribution in [0.5, 0.6) is 0 Å². The second kappa shape index (κ2) is 8.46. The van der Waals surface area contributed by atoms with E-state index in [1.54, 1.807) is 12.3 Å². The van der Waals surface area contributed by atoms with E-state index >= 15 is 0 Å². The number of carbonyl (C=O) groups excluding carboxylic acids is 2. The van der Waals surface area contributed by atoms with E-state index in [0.29, 0.717) is 5.01 Å². The third-order valence-electron chi connectivity index (χ3n) is 2.81. The maximum atomic E-state index is 12.0. The number of ketones is 1. The van der Waals surface area contributed by atoms with Gasteiger partial charge in [-0.15, -0.1) is 23.1 Å². The molecule has 0 unspecified atom stereocenters. The molecule has 1 aromatic heterocycles. The largest absolute Gasteiger partial charge is 0.457 e. The average Bonchev–Trinajstić information content (AvgIpc) is 2.98. The van der Waals surface area contributed by atoms with Crippen molar-refractivity contribution in [3.8, 4) is 6.07 Å². The molecule has 0 aliphatic carbocycles. The molecule has 0 bridgehead atoms. The molecular formula is C16H14N2O3S2. The van der Waals surface area contributed by atoms with Crippen LogP contribution in [0.4, 0.5) is 0 Å². The van der Waals surface area contributed by atoms with Gasteiger partial charge in [0, 0.05) is 16.0 Å². The summed E-state index contributed by atoms with van der Waals surface area (Å²) in [4.78, 5) is 28.8. The van der Waals surface area contributed by atoms with Crippen LogP contribution < -0.4 is 0 Å². The van der Waals surface area contributed by atoms with E-state index in [1.807, 2.05) is 36.4 Å². The minimum Gasteiger partial charge on any atom is -0.457 e. The number of aromatic nitrogens is 1. The smallest absolute Gasteiger partial charge is 0.316 e. The van der Waals surface area contributed by atoms with Gasteiger partial charge in [0.2, 0.25) is 0 Å². The third-order valence-corrected chi connectivity index (χ3v) is 4.82. The van der Waals surface area contributed by atoms with E-state index in [-0.39, 0.29) is 5.75 Å². The van der Waals surface area contributed by atoms with Crippen molar-refractivity contribution in [1.82, 2.24) is 4.98 Å². The van der Waals surface area contributed by atoms with Crippen LogP contribution in [0.2, 0.25) is 0 Å². The second-order valence-corrected chi connectivity index (χ2v) is 6.56. The maximum absolute atomic E-state index is 12.0. The highest BCUT2D eigenvalue weighted by atomic mass is 32.2. The van der Waals surface area contributed by atoms with Crippen LogP contribution in [0.15, 0.2) is 40.6 Å². The summed E-state index contributed by atoms with van der Waals surface area (Å²) >= 11 is 2.59. The molecule has 0 aliphatic rings. The Hall–Kier alpha value is -2.17. The van der Waals surface area contributed by atoms with Crippen molar-refractivity contribution in [2.45, 2.75) is 17.7 Å². The molecule has 0 spiro atoms. The molecule has 1 heterocycles. The number of nitriles is 1. The summed E-state index contributed by atoms with van der Waals surface area (Å²) in [5, 5.41) is 11.3. The highest BCUT2D eigenvalue weighted by Gasteiger charge is 2.24. The van der Waals surface area contributed by atoms with Gasteiger partial charge < -0.3 is 4.74 Å². The topological polar surface area (TPSA) is 80.0 Å². The van der Waals surface area contributed by atoms with E-state index in [1.165, 1.54) is 23.1 Å². The fourth-order valence-corrected chi connectivity index (χ4v) is 3.28. The zero-order chi connectivity index (χ0) is 16.7. The zero-order valence-electron chi connectivity index (χ0n) is 12.4. The first kappa shape index (κ1) is 17.2. The maximum Gasteiger partial charge on any atom is 0.316 e. The van der Waals surface area contributed by atoms with Gasteiger partial charge in [0.05, 0.1) is 11.8 Å². The van der Waals surface area contributed by atoms with Crippen LogP contribution in [0.25, 0.3) is 0 Å². The van der Waals surface area contributed by atoms with Crippen LogP contribution >= 0.6 is 23.1 Å². The lowest BCUT2D eigenvalue weighted by Crippen LogP contribution is -2.20. The van der Waals surface area contributed by atoms with E-state index in [2.05, 4.69) is 4.98 Å². The lowest BCUT2D eigenvalue weighted by atomic mass is 10.1. The van der Waals surface area contributed by atoms with Crippen molar-refractivity contribution in [2.24, 2.45) is 0 Å². The Bertz CT molecular complexity index is 722. The Kier molecular flexibility index (Phi) is 6.32. The first-order valence-corrected chi connectivity index (χ1v) is 8.64. The number of aryl methyl sites for hydroxylation is 1. The highest BCUT2D eigenvalue weighted by molar-refractivity contribution is 8.00. The zero-order valence-corrected chi connectivity index (χ0v) is 14.0. The molecule has 1 atom stereocenters. The van der Waals surface area contributed by atoms with E-state index in [4.69, 9.17) is 10.00 Å². The lowest BCUT2D eigenvalue weighted by molar-refractivity contribution is -0.145. The Morgan fingerprint density at radius 3 is 2.74 bits per heavy atom. The van der Waals surface area contributed by atoms with E-state index in [9.17, 15) is 9.59 Å². The first-order chi connectivity index (χ1) is 11.1. The van der Waals surface area contributed by atoms with Crippen LogP contribution in [0.1, 0.15) is 16.6 Å². The number of benzene rings is 1. The molecule has 2 aromatic rings. The van der Waals surface area contributed by atoms with Crippen LogP contribution in [-0.2, 0) is 14.3 Å². The summed E-state index contributed by atoms with van der Waals surface area (Å²) in [5.41, 5.74) is 0.759. The number of hydrogen-bond donors (Lipinski definition) is 0. The lowest BCUT2D eigenvalue weighted by Gasteiger charge is -2.07. The number of thioether (sulfide) groups is 1. The van der Waals surface area contributed by atoms with Crippen molar-refractivity contribution in [3.05, 3.63) is 46.4 Å². The second-order valence-electron chi connectivity index (χ2n) is 4.62. The predicted molar refractivity (Wildman–Crippen MR) is 88.3 cm³/mol. The Labute approximate surface area is 142 Å². The Morgan fingerprint density at radius 1 is 1.39 bits per heavy atom. The third kappa shape index (κ3) is 5.20.